The molecule has 4 heteroatoms. The van der Waals surface area contributed by atoms with Crippen molar-refractivity contribution in [1.29, 1.82) is 0 Å². The number of aliphatic hydroxyl groups is 2. The Morgan fingerprint density at radius 2 is 1.62 bits per heavy atom. The molecule has 2 N–H and O–H groups in total. The minimum atomic E-state index is 0.127. The average Bonchev–Trinajstić information content (AvgIpc) is 2.04. The van der Waals surface area contributed by atoms with Gasteiger partial charge in [0.15, 0.2) is 0 Å². The Hall–Kier alpha value is -0.160. The second-order valence-electron chi connectivity index (χ2n) is 3.21. The van der Waals surface area contributed by atoms with E-state index in [2.05, 4.69) is 0 Å². The zero-order valence-electron chi connectivity index (χ0n) is 8.57. The first kappa shape index (κ1) is 12.8. The largest absolute Gasteiger partial charge is 0.395 e. The van der Waals surface area contributed by atoms with E-state index in [1.54, 1.807) is 0 Å². The third-order valence-corrected chi connectivity index (χ3v) is 1.69. The van der Waals surface area contributed by atoms with E-state index in [4.69, 9.17) is 14.9 Å². The molecule has 13 heavy (non-hydrogen) atoms. The van der Waals surface area contributed by atoms with Gasteiger partial charge in [0.25, 0.3) is 0 Å². The molecule has 0 aromatic carbocycles. The fourth-order valence-corrected chi connectivity index (χ4v) is 1.04. The summed E-state index contributed by atoms with van der Waals surface area (Å²) in [5, 5.41) is 17.4. The van der Waals surface area contributed by atoms with Crippen molar-refractivity contribution in [2.45, 2.75) is 20.0 Å². The summed E-state index contributed by atoms with van der Waals surface area (Å²) in [7, 11) is 0. The van der Waals surface area contributed by atoms with Crippen LogP contribution in [-0.2, 0) is 4.74 Å². The lowest BCUT2D eigenvalue weighted by molar-refractivity contribution is 0.0511. The van der Waals surface area contributed by atoms with Crippen molar-refractivity contribution in [3.05, 3.63) is 0 Å². The predicted molar refractivity (Wildman–Crippen MR) is 51.7 cm³/mol. The monoisotopic (exact) mass is 191 g/mol. The molecule has 4 nitrogen and oxygen atoms in total. The van der Waals surface area contributed by atoms with E-state index < -0.39 is 0 Å². The SMILES string of the molecule is CC(C)OCCN(CCO)CCO. The highest BCUT2D eigenvalue weighted by Crippen LogP contribution is 1.91. The maximum absolute atomic E-state index is 8.71. The van der Waals surface area contributed by atoms with Crippen molar-refractivity contribution in [2.75, 3.05) is 39.5 Å². The third kappa shape index (κ3) is 8.18. The zero-order valence-corrected chi connectivity index (χ0v) is 8.57. The molecular formula is C9H21NO3. The van der Waals surface area contributed by atoms with Crippen LogP contribution in [0.4, 0.5) is 0 Å². The minimum Gasteiger partial charge on any atom is -0.395 e. The molecule has 0 atom stereocenters. The summed E-state index contributed by atoms with van der Waals surface area (Å²) < 4.78 is 5.36. The van der Waals surface area contributed by atoms with Crippen LogP contribution in [0.5, 0.6) is 0 Å². The van der Waals surface area contributed by atoms with E-state index in [0.717, 1.165) is 6.54 Å². The molecule has 80 valence electrons. The smallest absolute Gasteiger partial charge is 0.0596 e. The van der Waals surface area contributed by atoms with Crippen molar-refractivity contribution in [3.8, 4) is 0 Å². The number of rotatable bonds is 8. The molecule has 0 heterocycles. The highest BCUT2D eigenvalue weighted by atomic mass is 16.5. The summed E-state index contributed by atoms with van der Waals surface area (Å²) >= 11 is 0. The number of aliphatic hydroxyl groups excluding tert-OH is 2. The molecule has 0 unspecified atom stereocenters. The van der Waals surface area contributed by atoms with E-state index in [1.807, 2.05) is 18.7 Å². The first-order valence-electron chi connectivity index (χ1n) is 4.76. The topological polar surface area (TPSA) is 52.9 Å². The molecular weight excluding hydrogens is 170 g/mol. The molecule has 0 rings (SSSR count). The second kappa shape index (κ2) is 8.44. The van der Waals surface area contributed by atoms with Crippen LogP contribution in [0, 0.1) is 0 Å². The van der Waals surface area contributed by atoms with E-state index >= 15 is 0 Å². The molecule has 0 fully saturated rings. The molecule has 0 aliphatic rings. The van der Waals surface area contributed by atoms with Crippen LogP contribution < -0.4 is 0 Å². The van der Waals surface area contributed by atoms with Crippen LogP contribution in [0.2, 0.25) is 0 Å². The minimum absolute atomic E-state index is 0.127. The van der Waals surface area contributed by atoms with Gasteiger partial charge in [-0.1, -0.05) is 0 Å². The van der Waals surface area contributed by atoms with Crippen molar-refractivity contribution in [2.24, 2.45) is 0 Å². The van der Waals surface area contributed by atoms with Crippen molar-refractivity contribution < 1.29 is 14.9 Å². The zero-order chi connectivity index (χ0) is 10.1. The van der Waals surface area contributed by atoms with Crippen LogP contribution in [0.1, 0.15) is 13.8 Å². The predicted octanol–water partition coefficient (Wildman–Crippen LogP) is -0.302. The van der Waals surface area contributed by atoms with E-state index in [-0.39, 0.29) is 19.3 Å². The van der Waals surface area contributed by atoms with E-state index in [1.165, 1.54) is 0 Å². The molecule has 0 saturated heterocycles. The quantitative estimate of drug-likeness (QED) is 0.553. The van der Waals surface area contributed by atoms with Gasteiger partial charge < -0.3 is 14.9 Å². The Morgan fingerprint density at radius 3 is 2.00 bits per heavy atom. The lowest BCUT2D eigenvalue weighted by Crippen LogP contribution is -2.33. The lowest BCUT2D eigenvalue weighted by atomic mass is 10.4. The van der Waals surface area contributed by atoms with Gasteiger partial charge in [-0.25, -0.2) is 0 Å². The van der Waals surface area contributed by atoms with Gasteiger partial charge in [0.05, 0.1) is 25.9 Å². The summed E-state index contributed by atoms with van der Waals surface area (Å²) in [5.74, 6) is 0. The van der Waals surface area contributed by atoms with Gasteiger partial charge in [-0.2, -0.15) is 0 Å². The third-order valence-electron chi connectivity index (χ3n) is 1.69. The van der Waals surface area contributed by atoms with Gasteiger partial charge in [-0.05, 0) is 13.8 Å². The Kier molecular flexibility index (Phi) is 8.33. The van der Waals surface area contributed by atoms with Crippen LogP contribution >= 0.6 is 0 Å². The van der Waals surface area contributed by atoms with Crippen LogP contribution in [0.3, 0.4) is 0 Å². The Bertz CT molecular complexity index is 103. The van der Waals surface area contributed by atoms with Crippen LogP contribution in [0.15, 0.2) is 0 Å². The molecule has 0 aliphatic heterocycles. The van der Waals surface area contributed by atoms with Gasteiger partial charge in [0.1, 0.15) is 0 Å². The molecule has 0 saturated carbocycles. The van der Waals surface area contributed by atoms with Crippen LogP contribution in [-0.4, -0.2) is 60.7 Å². The normalized spacial score (nSPS) is 11.5. The van der Waals surface area contributed by atoms with E-state index in [0.29, 0.717) is 19.7 Å². The van der Waals surface area contributed by atoms with Crippen molar-refractivity contribution in [3.63, 3.8) is 0 Å². The lowest BCUT2D eigenvalue weighted by Gasteiger charge is -2.20. The maximum Gasteiger partial charge on any atom is 0.0596 e. The molecule has 0 aliphatic carbocycles. The van der Waals surface area contributed by atoms with Gasteiger partial charge in [0, 0.05) is 19.6 Å². The number of nitrogens with zero attached hydrogens (tertiary/aromatic N) is 1. The fraction of sp³-hybridized carbons (Fsp3) is 1.00. The number of hydrogen-bond acceptors (Lipinski definition) is 4. The maximum atomic E-state index is 8.71. The number of hydrogen-bond donors (Lipinski definition) is 2. The molecule has 0 spiro atoms. The van der Waals surface area contributed by atoms with Gasteiger partial charge in [0.2, 0.25) is 0 Å². The summed E-state index contributed by atoms with van der Waals surface area (Å²) in [4.78, 5) is 1.97. The Labute approximate surface area is 80.1 Å². The highest BCUT2D eigenvalue weighted by molar-refractivity contribution is 4.55. The van der Waals surface area contributed by atoms with Gasteiger partial charge in [-0.3, -0.25) is 4.90 Å². The molecule has 0 radical (unpaired) electrons. The van der Waals surface area contributed by atoms with Crippen molar-refractivity contribution in [1.82, 2.24) is 4.90 Å². The molecule has 0 bridgehead atoms. The standard InChI is InChI=1S/C9H21NO3/c1-9(2)13-8-5-10(3-6-11)4-7-12/h9,11-12H,3-8H2,1-2H3. The Balaban J connectivity index is 3.44. The summed E-state index contributed by atoms with van der Waals surface area (Å²) in [6.07, 6.45) is 0.241. The number of ether oxygens (including phenoxy) is 1. The van der Waals surface area contributed by atoms with Gasteiger partial charge in [-0.15, -0.1) is 0 Å². The molecule has 0 aromatic rings. The molecule has 0 aromatic heterocycles. The first-order valence-corrected chi connectivity index (χ1v) is 4.76. The Morgan fingerprint density at radius 1 is 1.08 bits per heavy atom. The highest BCUT2D eigenvalue weighted by Gasteiger charge is 2.03. The van der Waals surface area contributed by atoms with Crippen LogP contribution in [0.25, 0.3) is 0 Å². The fourth-order valence-electron chi connectivity index (χ4n) is 1.04. The second-order valence-corrected chi connectivity index (χ2v) is 3.21. The van der Waals surface area contributed by atoms with E-state index in [9.17, 15) is 0 Å². The summed E-state index contributed by atoms with van der Waals surface area (Å²) in [6, 6.07) is 0. The first-order chi connectivity index (χ1) is 6.20. The summed E-state index contributed by atoms with van der Waals surface area (Å²) in [5.41, 5.74) is 0. The molecule has 0 amide bonds. The van der Waals surface area contributed by atoms with Gasteiger partial charge >= 0.3 is 0 Å². The van der Waals surface area contributed by atoms with Crippen molar-refractivity contribution >= 4 is 0 Å². The average molecular weight is 191 g/mol. The summed E-state index contributed by atoms with van der Waals surface area (Å²) in [6.45, 7) is 6.84.